The first kappa shape index (κ1) is 36.6. The second kappa shape index (κ2) is 16.2. The lowest BCUT2D eigenvalue weighted by Crippen LogP contribution is -2.57. The summed E-state index contributed by atoms with van der Waals surface area (Å²) in [6.07, 6.45) is 0.440. The van der Waals surface area contributed by atoms with E-state index in [9.17, 15) is 28.8 Å². The minimum atomic E-state index is -1.05. The van der Waals surface area contributed by atoms with Crippen LogP contribution in [0.25, 0.3) is 0 Å². The van der Waals surface area contributed by atoms with Crippen LogP contribution in [0.5, 0.6) is 0 Å². The van der Waals surface area contributed by atoms with Crippen LogP contribution in [0.2, 0.25) is 0 Å². The van der Waals surface area contributed by atoms with Crippen LogP contribution in [-0.2, 0) is 33.9 Å². The molecule has 4 rings (SSSR count). The number of nitrogens with zero attached hydrogens (tertiary/aromatic N) is 3. The van der Waals surface area contributed by atoms with Gasteiger partial charge in [0, 0.05) is 37.8 Å². The summed E-state index contributed by atoms with van der Waals surface area (Å²) in [7, 11) is 0. The summed E-state index contributed by atoms with van der Waals surface area (Å²) in [6.45, 7) is 10.7. The van der Waals surface area contributed by atoms with Crippen molar-refractivity contribution < 1.29 is 28.5 Å². The first-order valence-corrected chi connectivity index (χ1v) is 16.5. The van der Waals surface area contributed by atoms with E-state index in [4.69, 9.17) is 4.52 Å². The molecule has 4 N–H and O–H groups in total. The molecule has 262 valence electrons. The van der Waals surface area contributed by atoms with Gasteiger partial charge in [-0.3, -0.25) is 28.8 Å². The average molecular weight is 676 g/mol. The van der Waals surface area contributed by atoms with Gasteiger partial charge in [-0.1, -0.05) is 49.3 Å². The molecule has 14 nitrogen and oxygen atoms in total. The third-order valence-corrected chi connectivity index (χ3v) is 8.34. The van der Waals surface area contributed by atoms with Crippen molar-refractivity contribution in [3.63, 3.8) is 0 Å². The van der Waals surface area contributed by atoms with Crippen LogP contribution < -0.4 is 26.8 Å². The zero-order valence-electron chi connectivity index (χ0n) is 28.8. The summed E-state index contributed by atoms with van der Waals surface area (Å²) < 4.78 is 6.90. The highest BCUT2D eigenvalue weighted by atomic mass is 16.5. The van der Waals surface area contributed by atoms with Gasteiger partial charge >= 0.3 is 0 Å². The number of aryl methyl sites for hydroxylation is 2. The van der Waals surface area contributed by atoms with E-state index >= 15 is 0 Å². The fraction of sp³-hybridized carbons (Fsp3) is 0.457. The molecule has 2 aromatic heterocycles. The SMILES string of the molecule is CCn1c(C)cc(C)c(C(=O)N2CCNC(=O)[C@@H](Cc3ccccc3)NC(=O)[C@@H](CC(C)C)NC(=O)[C@@H](C)NC(=O)c3cc(on3)C2)c1=O. The predicted octanol–water partition coefficient (Wildman–Crippen LogP) is 1.62. The molecule has 3 atom stereocenters. The number of hydrogen-bond donors (Lipinski definition) is 4. The van der Waals surface area contributed by atoms with Gasteiger partial charge in [-0.25, -0.2) is 0 Å². The van der Waals surface area contributed by atoms with Crippen molar-refractivity contribution in [2.75, 3.05) is 13.1 Å². The molecule has 14 heteroatoms. The Kier molecular flexibility index (Phi) is 12.1. The Morgan fingerprint density at radius 1 is 0.959 bits per heavy atom. The lowest BCUT2D eigenvalue weighted by Gasteiger charge is -2.26. The van der Waals surface area contributed by atoms with Gasteiger partial charge in [-0.05, 0) is 57.2 Å². The second-order valence-corrected chi connectivity index (χ2v) is 12.7. The maximum Gasteiger partial charge on any atom is 0.274 e. The lowest BCUT2D eigenvalue weighted by molar-refractivity contribution is -0.132. The standard InChI is InChI=1S/C35H45N7O7/c1-7-42-22(5)16-21(4)29(35(42)48)34(47)41-14-13-36-31(44)27(17-24-11-9-8-10-12-24)39-32(45)26(15-20(2)3)38-30(43)23(6)37-33(46)28-18-25(19-41)49-40-28/h8-12,16,18,20,23,26-27H,7,13-15,17,19H2,1-6H3,(H,36,44)(H,37,46)(H,38,43)(H,39,45)/t23-,26-,27-/m1/s1. The Hall–Kier alpha value is -5.27. The maximum atomic E-state index is 14.0. The molecule has 0 saturated heterocycles. The van der Waals surface area contributed by atoms with E-state index in [2.05, 4.69) is 26.4 Å². The first-order chi connectivity index (χ1) is 23.3. The molecule has 2 bridgehead atoms. The monoisotopic (exact) mass is 675 g/mol. The zero-order chi connectivity index (χ0) is 35.8. The molecule has 3 heterocycles. The van der Waals surface area contributed by atoms with Crippen molar-refractivity contribution in [2.24, 2.45) is 5.92 Å². The second-order valence-electron chi connectivity index (χ2n) is 12.7. The van der Waals surface area contributed by atoms with Crippen LogP contribution in [0.3, 0.4) is 0 Å². The molecule has 5 amide bonds. The molecular formula is C35H45N7O7. The Labute approximate surface area is 285 Å². The highest BCUT2D eigenvalue weighted by Crippen LogP contribution is 2.15. The van der Waals surface area contributed by atoms with E-state index in [0.717, 1.165) is 5.56 Å². The summed E-state index contributed by atoms with van der Waals surface area (Å²) in [4.78, 5) is 82.3. The summed E-state index contributed by atoms with van der Waals surface area (Å²) in [5.74, 6) is -2.79. The summed E-state index contributed by atoms with van der Waals surface area (Å²) in [6, 6.07) is 9.21. The molecule has 0 aliphatic carbocycles. The van der Waals surface area contributed by atoms with Gasteiger partial charge in [0.1, 0.15) is 23.7 Å². The van der Waals surface area contributed by atoms with E-state index in [-0.39, 0.29) is 55.4 Å². The zero-order valence-corrected chi connectivity index (χ0v) is 28.8. The minimum absolute atomic E-state index is 0.0101. The Morgan fingerprint density at radius 2 is 1.65 bits per heavy atom. The molecule has 3 aromatic rings. The van der Waals surface area contributed by atoms with Crippen molar-refractivity contribution in [3.8, 4) is 0 Å². The highest BCUT2D eigenvalue weighted by Gasteiger charge is 2.31. The fourth-order valence-corrected chi connectivity index (χ4v) is 5.78. The van der Waals surface area contributed by atoms with E-state index in [1.165, 1.54) is 22.5 Å². The normalized spacial score (nSPS) is 19.7. The Bertz CT molecular complexity index is 1750. The number of nitrogens with one attached hydrogen (secondary N) is 4. The number of fused-ring (bicyclic) bond motifs is 2. The van der Waals surface area contributed by atoms with Crippen LogP contribution in [0, 0.1) is 19.8 Å². The number of hydrogen-bond acceptors (Lipinski definition) is 8. The van der Waals surface area contributed by atoms with Gasteiger partial charge in [0.2, 0.25) is 17.7 Å². The minimum Gasteiger partial charge on any atom is -0.359 e. The van der Waals surface area contributed by atoms with Gasteiger partial charge in [0.25, 0.3) is 17.4 Å². The van der Waals surface area contributed by atoms with Gasteiger partial charge in [-0.2, -0.15) is 0 Å². The number of pyridine rings is 1. The third kappa shape index (κ3) is 9.21. The van der Waals surface area contributed by atoms with Crippen molar-refractivity contribution in [2.45, 2.75) is 85.6 Å². The fourth-order valence-electron chi connectivity index (χ4n) is 5.78. The summed E-state index contributed by atoms with van der Waals surface area (Å²) in [5.41, 5.74) is 1.41. The van der Waals surface area contributed by atoms with Crippen LogP contribution in [-0.4, -0.2) is 75.4 Å². The quantitative estimate of drug-likeness (QED) is 0.304. The van der Waals surface area contributed by atoms with Crippen LogP contribution in [0.1, 0.15) is 77.5 Å². The van der Waals surface area contributed by atoms with Crippen LogP contribution >= 0.6 is 0 Å². The molecule has 0 unspecified atom stereocenters. The maximum absolute atomic E-state index is 14.0. The molecule has 1 aromatic carbocycles. The smallest absolute Gasteiger partial charge is 0.274 e. The highest BCUT2D eigenvalue weighted by molar-refractivity contribution is 5.98. The number of carbonyl (C=O) groups is 5. The molecule has 49 heavy (non-hydrogen) atoms. The molecule has 1 aliphatic heterocycles. The number of rotatable bonds is 6. The van der Waals surface area contributed by atoms with Gasteiger partial charge < -0.3 is 35.3 Å². The number of benzene rings is 1. The predicted molar refractivity (Wildman–Crippen MR) is 180 cm³/mol. The topological polar surface area (TPSA) is 185 Å². The van der Waals surface area contributed by atoms with Crippen LogP contribution in [0.4, 0.5) is 0 Å². The lowest BCUT2D eigenvalue weighted by atomic mass is 10.0. The first-order valence-electron chi connectivity index (χ1n) is 16.5. The van der Waals surface area contributed by atoms with E-state index in [1.54, 1.807) is 19.9 Å². The van der Waals surface area contributed by atoms with E-state index in [1.807, 2.05) is 51.1 Å². The number of amides is 5. The average Bonchev–Trinajstić information content (AvgIpc) is 3.52. The molecular weight excluding hydrogens is 630 g/mol. The van der Waals surface area contributed by atoms with Crippen molar-refractivity contribution >= 4 is 29.5 Å². The number of carbonyl (C=O) groups excluding carboxylic acids is 5. The Morgan fingerprint density at radius 3 is 2.33 bits per heavy atom. The van der Waals surface area contributed by atoms with Crippen molar-refractivity contribution in [3.05, 3.63) is 86.7 Å². The van der Waals surface area contributed by atoms with Gasteiger partial charge in [0.15, 0.2) is 11.5 Å². The molecule has 0 spiro atoms. The van der Waals surface area contributed by atoms with E-state index in [0.29, 0.717) is 17.8 Å². The van der Waals surface area contributed by atoms with Gasteiger partial charge in [-0.15, -0.1) is 0 Å². The van der Waals surface area contributed by atoms with Crippen molar-refractivity contribution in [1.82, 2.24) is 35.9 Å². The third-order valence-electron chi connectivity index (χ3n) is 8.34. The molecule has 1 aliphatic rings. The summed E-state index contributed by atoms with van der Waals surface area (Å²) >= 11 is 0. The summed E-state index contributed by atoms with van der Waals surface area (Å²) in [5, 5.41) is 14.7. The van der Waals surface area contributed by atoms with Crippen molar-refractivity contribution in [1.29, 1.82) is 0 Å². The number of aromatic nitrogens is 2. The van der Waals surface area contributed by atoms with Gasteiger partial charge in [0.05, 0.1) is 6.54 Å². The Balaban J connectivity index is 1.71. The van der Waals surface area contributed by atoms with Crippen LogP contribution in [0.15, 0.2) is 51.8 Å². The molecule has 0 fully saturated rings. The van der Waals surface area contributed by atoms with E-state index < -0.39 is 53.2 Å². The molecule has 0 radical (unpaired) electrons. The molecule has 0 saturated carbocycles. The largest absolute Gasteiger partial charge is 0.359 e.